The summed E-state index contributed by atoms with van der Waals surface area (Å²) in [7, 11) is 0. The number of carbonyl (C=O) groups excluding carboxylic acids is 1. The Bertz CT molecular complexity index is 1330. The SMILES string of the molecule is O=C(CSC(=S)N1CC2CC(C1)c1cccc(=O)n1C2)Nc1nc(-c2ccc(Cl)cc2Cl)cs1. The van der Waals surface area contributed by atoms with Gasteiger partial charge in [0, 0.05) is 53.3 Å². The molecule has 0 radical (unpaired) electrons. The number of hydrogen-bond acceptors (Lipinski definition) is 6. The van der Waals surface area contributed by atoms with E-state index in [9.17, 15) is 9.59 Å². The van der Waals surface area contributed by atoms with Crippen LogP contribution in [0.4, 0.5) is 5.13 Å². The molecule has 34 heavy (non-hydrogen) atoms. The third-order valence-corrected chi connectivity index (χ3v) is 8.85. The Morgan fingerprint density at radius 2 is 2.09 bits per heavy atom. The van der Waals surface area contributed by atoms with Gasteiger partial charge in [0.15, 0.2) is 5.13 Å². The number of thiazole rings is 1. The minimum absolute atomic E-state index is 0.0675. The summed E-state index contributed by atoms with van der Waals surface area (Å²) in [5, 5.41) is 6.26. The number of likely N-dealkylation sites (tertiary alicyclic amines) is 1. The first kappa shape index (κ1) is 23.8. The van der Waals surface area contributed by atoms with Gasteiger partial charge in [-0.1, -0.05) is 53.2 Å². The van der Waals surface area contributed by atoms with Crippen LogP contribution in [0, 0.1) is 5.92 Å². The summed E-state index contributed by atoms with van der Waals surface area (Å²) >= 11 is 20.6. The monoisotopic (exact) mass is 550 g/mol. The molecule has 2 bridgehead atoms. The van der Waals surface area contributed by atoms with Crippen molar-refractivity contribution in [2.24, 2.45) is 5.92 Å². The standard InChI is InChI=1S/C23H20Cl2N4O2S3/c24-15-4-5-16(17(25)7-15)18-11-33-22(26-18)27-20(30)12-34-23(32)28-8-13-6-14(10-28)19-2-1-3-21(31)29(19)9-13/h1-5,7,11,13-14H,6,8-10,12H2,(H,26,27,30). The minimum atomic E-state index is -0.162. The quantitative estimate of drug-likeness (QED) is 0.441. The maximum atomic E-state index is 12.5. The molecule has 1 N–H and O–H groups in total. The average molecular weight is 552 g/mol. The first-order chi connectivity index (χ1) is 16.4. The van der Waals surface area contributed by atoms with E-state index >= 15 is 0 Å². The van der Waals surface area contributed by atoms with E-state index in [2.05, 4.69) is 15.2 Å². The summed E-state index contributed by atoms with van der Waals surface area (Å²) in [6.07, 6.45) is 1.07. The Morgan fingerprint density at radius 3 is 2.91 bits per heavy atom. The number of thioether (sulfide) groups is 1. The van der Waals surface area contributed by atoms with E-state index in [0.717, 1.165) is 37.3 Å². The maximum Gasteiger partial charge on any atom is 0.250 e. The number of aromatic nitrogens is 2. The number of anilines is 1. The van der Waals surface area contributed by atoms with Gasteiger partial charge in [-0.3, -0.25) is 9.59 Å². The Labute approximate surface area is 220 Å². The highest BCUT2D eigenvalue weighted by molar-refractivity contribution is 8.23. The number of piperidine rings is 1. The lowest BCUT2D eigenvalue weighted by Gasteiger charge is -2.43. The van der Waals surface area contributed by atoms with Gasteiger partial charge >= 0.3 is 0 Å². The zero-order chi connectivity index (χ0) is 23.8. The highest BCUT2D eigenvalue weighted by Gasteiger charge is 2.35. The third-order valence-electron chi connectivity index (χ3n) is 6.02. The van der Waals surface area contributed by atoms with Crippen LogP contribution in [-0.4, -0.2) is 43.5 Å². The van der Waals surface area contributed by atoms with Crippen molar-refractivity contribution in [2.75, 3.05) is 24.2 Å². The minimum Gasteiger partial charge on any atom is -0.356 e. The number of nitrogens with one attached hydrogen (secondary N) is 1. The van der Waals surface area contributed by atoms with Crippen LogP contribution in [0.25, 0.3) is 11.3 Å². The lowest BCUT2D eigenvalue weighted by Crippen LogP contribution is -2.48. The van der Waals surface area contributed by atoms with Gasteiger partial charge in [-0.05, 0) is 36.6 Å². The molecule has 5 rings (SSSR count). The fraction of sp³-hybridized carbons (Fsp3) is 0.304. The van der Waals surface area contributed by atoms with Gasteiger partial charge in [-0.25, -0.2) is 4.98 Å². The molecule has 0 spiro atoms. The molecule has 1 amide bonds. The number of amides is 1. The second kappa shape index (κ2) is 9.99. The normalized spacial score (nSPS) is 18.9. The molecule has 1 fully saturated rings. The third kappa shape index (κ3) is 5.04. The van der Waals surface area contributed by atoms with Gasteiger partial charge in [-0.2, -0.15) is 0 Å². The molecular formula is C23H20Cl2N4O2S3. The highest BCUT2D eigenvalue weighted by atomic mass is 35.5. The van der Waals surface area contributed by atoms with E-state index in [1.54, 1.807) is 18.2 Å². The molecule has 2 aliphatic heterocycles. The predicted molar refractivity (Wildman–Crippen MR) is 144 cm³/mol. The number of nitrogens with zero attached hydrogens (tertiary/aromatic N) is 3. The smallest absolute Gasteiger partial charge is 0.250 e. The molecule has 2 unspecified atom stereocenters. The molecule has 176 valence electrons. The number of rotatable bonds is 4. The van der Waals surface area contributed by atoms with Crippen LogP contribution in [0.15, 0.2) is 46.6 Å². The van der Waals surface area contributed by atoms with Crippen molar-refractivity contribution in [1.29, 1.82) is 0 Å². The van der Waals surface area contributed by atoms with Crippen LogP contribution in [-0.2, 0) is 11.3 Å². The Morgan fingerprint density at radius 1 is 1.24 bits per heavy atom. The summed E-state index contributed by atoms with van der Waals surface area (Å²) in [4.78, 5) is 31.4. The van der Waals surface area contributed by atoms with Gasteiger partial charge in [0.2, 0.25) is 5.91 Å². The van der Waals surface area contributed by atoms with Crippen LogP contribution in [0.1, 0.15) is 18.0 Å². The predicted octanol–water partition coefficient (Wildman–Crippen LogP) is 5.35. The van der Waals surface area contributed by atoms with Gasteiger partial charge in [0.05, 0.1) is 16.5 Å². The molecule has 6 nitrogen and oxygen atoms in total. The number of carbonyl (C=O) groups is 1. The van der Waals surface area contributed by atoms with Crippen LogP contribution < -0.4 is 10.9 Å². The molecule has 2 aromatic heterocycles. The second-order valence-electron chi connectivity index (χ2n) is 8.37. The fourth-order valence-electron chi connectivity index (χ4n) is 4.57. The largest absolute Gasteiger partial charge is 0.356 e. The molecule has 2 aliphatic rings. The summed E-state index contributed by atoms with van der Waals surface area (Å²) in [5.41, 5.74) is 2.60. The Hall–Kier alpha value is -1.91. The molecule has 0 saturated carbocycles. The summed E-state index contributed by atoms with van der Waals surface area (Å²) < 4.78 is 2.61. The van der Waals surface area contributed by atoms with E-state index in [-0.39, 0.29) is 23.1 Å². The fourth-order valence-corrected chi connectivity index (χ4v) is 6.79. The van der Waals surface area contributed by atoms with Gasteiger partial charge in [0.25, 0.3) is 5.56 Å². The lowest BCUT2D eigenvalue weighted by atomic mass is 9.83. The molecule has 3 aromatic rings. The Balaban J connectivity index is 1.16. The zero-order valence-electron chi connectivity index (χ0n) is 17.9. The van der Waals surface area contributed by atoms with Crippen molar-refractivity contribution < 1.29 is 4.79 Å². The van der Waals surface area contributed by atoms with Gasteiger partial charge in [0.1, 0.15) is 4.32 Å². The van der Waals surface area contributed by atoms with E-state index in [0.29, 0.717) is 31.1 Å². The summed E-state index contributed by atoms with van der Waals surface area (Å²) in [6.45, 7) is 2.30. The average Bonchev–Trinajstić information content (AvgIpc) is 3.26. The van der Waals surface area contributed by atoms with Crippen LogP contribution in [0.5, 0.6) is 0 Å². The number of pyridine rings is 1. The van der Waals surface area contributed by atoms with Crippen LogP contribution in [0.3, 0.4) is 0 Å². The topological polar surface area (TPSA) is 67.2 Å². The second-order valence-corrected chi connectivity index (χ2v) is 11.7. The Kier molecular flexibility index (Phi) is 7.00. The van der Waals surface area contributed by atoms with E-state index in [1.165, 1.54) is 23.1 Å². The lowest BCUT2D eigenvalue weighted by molar-refractivity contribution is -0.113. The molecule has 4 heterocycles. The number of halogens is 2. The molecule has 11 heteroatoms. The summed E-state index contributed by atoms with van der Waals surface area (Å²) in [5.74, 6) is 0.705. The van der Waals surface area contributed by atoms with Gasteiger partial charge < -0.3 is 14.8 Å². The van der Waals surface area contributed by atoms with Crippen molar-refractivity contribution in [2.45, 2.75) is 18.9 Å². The number of hydrogen-bond donors (Lipinski definition) is 1. The molecule has 0 aliphatic carbocycles. The first-order valence-corrected chi connectivity index (χ1v) is 13.7. The highest BCUT2D eigenvalue weighted by Crippen LogP contribution is 2.36. The van der Waals surface area contributed by atoms with Crippen molar-refractivity contribution in [3.05, 3.63) is 67.9 Å². The van der Waals surface area contributed by atoms with Crippen LogP contribution >= 0.6 is 58.5 Å². The van der Waals surface area contributed by atoms with E-state index in [1.807, 2.05) is 28.1 Å². The van der Waals surface area contributed by atoms with Crippen molar-refractivity contribution >= 4 is 73.9 Å². The number of thiocarbonyl (C=S) groups is 1. The van der Waals surface area contributed by atoms with Crippen molar-refractivity contribution in [1.82, 2.24) is 14.5 Å². The van der Waals surface area contributed by atoms with Crippen molar-refractivity contribution in [3.63, 3.8) is 0 Å². The van der Waals surface area contributed by atoms with Gasteiger partial charge in [-0.15, -0.1) is 11.3 Å². The van der Waals surface area contributed by atoms with Crippen LogP contribution in [0.2, 0.25) is 10.0 Å². The number of benzene rings is 1. The first-order valence-electron chi connectivity index (χ1n) is 10.7. The van der Waals surface area contributed by atoms with E-state index in [4.69, 9.17) is 35.4 Å². The maximum absolute atomic E-state index is 12.5. The number of fused-ring (bicyclic) bond motifs is 4. The molecular weight excluding hydrogens is 531 g/mol. The van der Waals surface area contributed by atoms with Crippen molar-refractivity contribution in [3.8, 4) is 11.3 Å². The molecule has 1 saturated heterocycles. The molecule has 2 atom stereocenters. The molecule has 1 aromatic carbocycles. The summed E-state index contributed by atoms with van der Waals surface area (Å²) in [6, 6.07) is 10.7. The van der Waals surface area contributed by atoms with E-state index < -0.39 is 0 Å². The zero-order valence-corrected chi connectivity index (χ0v) is 21.8.